The lowest BCUT2D eigenvalue weighted by Crippen LogP contribution is -1.98. The molecule has 10 heavy (non-hydrogen) atoms. The molecule has 1 heterocycles. The van der Waals surface area contributed by atoms with Crippen LogP contribution in [0.4, 0.5) is 5.69 Å². The number of fused-ring (bicyclic) bond motifs is 1. The largest absolute Gasteiger partial charge is 0.386 e. The number of rotatable bonds is 0. The first kappa shape index (κ1) is 5.74. The van der Waals surface area contributed by atoms with Gasteiger partial charge in [0.05, 0.1) is 6.10 Å². The van der Waals surface area contributed by atoms with Crippen LogP contribution in [0.3, 0.4) is 0 Å². The van der Waals surface area contributed by atoms with Crippen molar-refractivity contribution in [3.8, 4) is 0 Å². The molecular formula is C8H9NO. The number of hydrogen-bond donors (Lipinski definition) is 2. The monoisotopic (exact) mass is 135 g/mol. The predicted molar refractivity (Wildman–Crippen MR) is 39.9 cm³/mol. The lowest BCUT2D eigenvalue weighted by atomic mass is 10.1. The standard InChI is InChI=1S/C8H9NO/c10-8-5-9-7-4-2-1-3-6(7)8/h1-4,8-10H,5H2/t8-/m0/s1. The van der Waals surface area contributed by atoms with Crippen LogP contribution >= 0.6 is 0 Å². The van der Waals surface area contributed by atoms with Gasteiger partial charge in [0.2, 0.25) is 0 Å². The third kappa shape index (κ3) is 0.693. The smallest absolute Gasteiger partial charge is 0.0982 e. The highest BCUT2D eigenvalue weighted by atomic mass is 16.3. The summed E-state index contributed by atoms with van der Waals surface area (Å²) in [5.41, 5.74) is 2.08. The Kier molecular flexibility index (Phi) is 1.14. The van der Waals surface area contributed by atoms with Crippen LogP contribution < -0.4 is 5.32 Å². The van der Waals surface area contributed by atoms with Crippen LogP contribution in [0.1, 0.15) is 11.7 Å². The number of para-hydroxylation sites is 1. The minimum Gasteiger partial charge on any atom is -0.386 e. The Balaban J connectivity index is 2.51. The quantitative estimate of drug-likeness (QED) is 0.559. The number of anilines is 1. The lowest BCUT2D eigenvalue weighted by Gasteiger charge is -1.98. The molecule has 2 rings (SSSR count). The van der Waals surface area contributed by atoms with Gasteiger partial charge < -0.3 is 10.4 Å². The minimum atomic E-state index is -0.309. The van der Waals surface area contributed by atoms with Gasteiger partial charge in [-0.1, -0.05) is 18.2 Å². The Morgan fingerprint density at radius 3 is 3.00 bits per heavy atom. The normalized spacial score (nSPS) is 21.9. The van der Waals surface area contributed by atoms with Crippen LogP contribution in [0, 0.1) is 0 Å². The molecule has 1 aliphatic rings. The van der Waals surface area contributed by atoms with Crippen molar-refractivity contribution >= 4 is 5.69 Å². The number of hydrogen-bond acceptors (Lipinski definition) is 2. The zero-order valence-corrected chi connectivity index (χ0v) is 5.54. The molecule has 0 bridgehead atoms. The summed E-state index contributed by atoms with van der Waals surface area (Å²) in [6.07, 6.45) is -0.309. The molecular weight excluding hydrogens is 126 g/mol. The summed E-state index contributed by atoms with van der Waals surface area (Å²) in [6.45, 7) is 0.652. The Labute approximate surface area is 59.5 Å². The molecule has 0 amide bonds. The lowest BCUT2D eigenvalue weighted by molar-refractivity contribution is 0.199. The number of nitrogens with one attached hydrogen (secondary N) is 1. The van der Waals surface area contributed by atoms with Crippen LogP contribution in [-0.2, 0) is 0 Å². The first-order valence-electron chi connectivity index (χ1n) is 3.39. The Bertz CT molecular complexity index is 247. The van der Waals surface area contributed by atoms with E-state index in [4.69, 9.17) is 0 Å². The molecule has 52 valence electrons. The summed E-state index contributed by atoms with van der Waals surface area (Å²) < 4.78 is 0. The van der Waals surface area contributed by atoms with Gasteiger partial charge in [-0.05, 0) is 6.07 Å². The van der Waals surface area contributed by atoms with E-state index < -0.39 is 0 Å². The predicted octanol–water partition coefficient (Wildman–Crippen LogP) is 1.15. The average molecular weight is 135 g/mol. The van der Waals surface area contributed by atoms with E-state index in [9.17, 15) is 5.11 Å². The van der Waals surface area contributed by atoms with Crippen molar-refractivity contribution in [2.24, 2.45) is 0 Å². The Hall–Kier alpha value is -1.02. The van der Waals surface area contributed by atoms with Crippen LogP contribution in [-0.4, -0.2) is 11.7 Å². The molecule has 0 radical (unpaired) electrons. The maximum atomic E-state index is 9.32. The van der Waals surface area contributed by atoms with Crippen molar-refractivity contribution in [3.63, 3.8) is 0 Å². The maximum absolute atomic E-state index is 9.32. The molecule has 1 aromatic rings. The van der Waals surface area contributed by atoms with Gasteiger partial charge >= 0.3 is 0 Å². The third-order valence-corrected chi connectivity index (χ3v) is 1.81. The molecule has 2 heteroatoms. The molecule has 0 saturated carbocycles. The molecule has 0 fully saturated rings. The van der Waals surface area contributed by atoms with Gasteiger partial charge in [-0.15, -0.1) is 0 Å². The van der Waals surface area contributed by atoms with E-state index in [1.165, 1.54) is 0 Å². The molecule has 0 aromatic heterocycles. The summed E-state index contributed by atoms with van der Waals surface area (Å²) in [6, 6.07) is 7.82. The highest BCUT2D eigenvalue weighted by molar-refractivity contribution is 5.56. The summed E-state index contributed by atoms with van der Waals surface area (Å²) in [4.78, 5) is 0. The van der Waals surface area contributed by atoms with Gasteiger partial charge in [0.25, 0.3) is 0 Å². The second-order valence-electron chi connectivity index (χ2n) is 2.48. The van der Waals surface area contributed by atoms with Crippen molar-refractivity contribution in [1.29, 1.82) is 0 Å². The van der Waals surface area contributed by atoms with Gasteiger partial charge in [-0.2, -0.15) is 0 Å². The molecule has 0 unspecified atom stereocenters. The maximum Gasteiger partial charge on any atom is 0.0982 e. The first-order chi connectivity index (χ1) is 4.88. The SMILES string of the molecule is O[C@H]1CNc2ccccc21. The fraction of sp³-hybridized carbons (Fsp3) is 0.250. The van der Waals surface area contributed by atoms with Gasteiger partial charge in [-0.25, -0.2) is 0 Å². The molecule has 0 spiro atoms. The van der Waals surface area contributed by atoms with Crippen molar-refractivity contribution in [1.82, 2.24) is 0 Å². The number of aliphatic hydroxyl groups excluding tert-OH is 1. The summed E-state index contributed by atoms with van der Waals surface area (Å²) in [7, 11) is 0. The fourth-order valence-corrected chi connectivity index (χ4v) is 1.27. The average Bonchev–Trinajstić information content (AvgIpc) is 2.34. The van der Waals surface area contributed by atoms with E-state index in [1.54, 1.807) is 0 Å². The van der Waals surface area contributed by atoms with Crippen molar-refractivity contribution in [3.05, 3.63) is 29.8 Å². The molecule has 0 saturated heterocycles. The highest BCUT2D eigenvalue weighted by Crippen LogP contribution is 2.28. The Morgan fingerprint density at radius 1 is 1.40 bits per heavy atom. The second kappa shape index (κ2) is 1.99. The zero-order valence-electron chi connectivity index (χ0n) is 5.54. The van der Waals surface area contributed by atoms with E-state index in [0.29, 0.717) is 6.54 Å². The highest BCUT2D eigenvalue weighted by Gasteiger charge is 2.17. The summed E-state index contributed by atoms with van der Waals surface area (Å²) in [5, 5.41) is 12.4. The zero-order chi connectivity index (χ0) is 6.97. The second-order valence-corrected chi connectivity index (χ2v) is 2.48. The molecule has 1 aromatic carbocycles. The van der Waals surface area contributed by atoms with E-state index in [2.05, 4.69) is 5.32 Å². The van der Waals surface area contributed by atoms with Crippen LogP contribution in [0.5, 0.6) is 0 Å². The fourth-order valence-electron chi connectivity index (χ4n) is 1.27. The number of benzene rings is 1. The van der Waals surface area contributed by atoms with E-state index in [0.717, 1.165) is 11.3 Å². The third-order valence-electron chi connectivity index (χ3n) is 1.81. The molecule has 2 nitrogen and oxygen atoms in total. The van der Waals surface area contributed by atoms with E-state index >= 15 is 0 Å². The van der Waals surface area contributed by atoms with E-state index in [1.807, 2.05) is 24.3 Å². The first-order valence-corrected chi connectivity index (χ1v) is 3.39. The minimum absolute atomic E-state index is 0.309. The topological polar surface area (TPSA) is 32.3 Å². The van der Waals surface area contributed by atoms with Crippen molar-refractivity contribution in [2.75, 3.05) is 11.9 Å². The molecule has 1 aliphatic heterocycles. The number of aliphatic hydroxyl groups is 1. The van der Waals surface area contributed by atoms with Crippen LogP contribution in [0.25, 0.3) is 0 Å². The van der Waals surface area contributed by atoms with Crippen molar-refractivity contribution in [2.45, 2.75) is 6.10 Å². The molecule has 2 N–H and O–H groups in total. The van der Waals surface area contributed by atoms with Gasteiger partial charge in [0.1, 0.15) is 0 Å². The molecule has 1 atom stereocenters. The summed E-state index contributed by atoms with van der Waals surface area (Å²) >= 11 is 0. The van der Waals surface area contributed by atoms with Gasteiger partial charge in [0, 0.05) is 17.8 Å². The van der Waals surface area contributed by atoms with Gasteiger partial charge in [0.15, 0.2) is 0 Å². The summed E-state index contributed by atoms with van der Waals surface area (Å²) in [5.74, 6) is 0. The van der Waals surface area contributed by atoms with Crippen molar-refractivity contribution < 1.29 is 5.11 Å². The molecule has 0 aliphatic carbocycles. The van der Waals surface area contributed by atoms with Crippen LogP contribution in [0.2, 0.25) is 0 Å². The number of β-amino-alcohol motifs (C(OH)–C–C–N with tert-alkyl or cyclic N) is 1. The van der Waals surface area contributed by atoms with Gasteiger partial charge in [-0.3, -0.25) is 0 Å². The van der Waals surface area contributed by atoms with Crippen LogP contribution in [0.15, 0.2) is 24.3 Å². The Morgan fingerprint density at radius 2 is 2.20 bits per heavy atom. The van der Waals surface area contributed by atoms with E-state index in [-0.39, 0.29) is 6.10 Å².